The second-order valence-corrected chi connectivity index (χ2v) is 4.55. The van der Waals surface area contributed by atoms with Gasteiger partial charge in [0.25, 0.3) is 0 Å². The second kappa shape index (κ2) is 7.40. The molecule has 0 heterocycles. The summed E-state index contributed by atoms with van der Waals surface area (Å²) in [6, 6.07) is 7.41. The topological polar surface area (TPSA) is 111 Å². The predicted molar refractivity (Wildman–Crippen MR) is 76.6 cm³/mol. The number of carboxylic acids is 1. The van der Waals surface area contributed by atoms with Crippen molar-refractivity contribution in [2.24, 2.45) is 11.6 Å². The number of hydrogen-bond donors (Lipinski definition) is 4. The number of carboxylic acid groups (broad SMARTS) is 1. The van der Waals surface area contributed by atoms with Crippen LogP contribution in [0.4, 0.5) is 0 Å². The van der Waals surface area contributed by atoms with Crippen LogP contribution in [0.15, 0.2) is 35.8 Å². The lowest BCUT2D eigenvalue weighted by atomic mass is 9.97. The van der Waals surface area contributed by atoms with E-state index in [-0.39, 0.29) is 5.88 Å². The minimum atomic E-state index is -1.30. The van der Waals surface area contributed by atoms with Crippen molar-refractivity contribution in [3.8, 4) is 5.75 Å². The maximum absolute atomic E-state index is 10.7. The van der Waals surface area contributed by atoms with E-state index in [4.69, 9.17) is 21.4 Å². The molecule has 0 radical (unpaired) electrons. The Morgan fingerprint density at radius 1 is 1.40 bits per heavy atom. The lowest BCUT2D eigenvalue weighted by molar-refractivity contribution is -0.132. The molecule has 0 aliphatic rings. The van der Waals surface area contributed by atoms with E-state index in [9.17, 15) is 4.79 Å². The number of aliphatic carboxylic acids is 1. The Hall–Kier alpha value is -2.21. The van der Waals surface area contributed by atoms with Crippen LogP contribution in [-0.4, -0.2) is 11.1 Å². The molecule has 20 heavy (non-hydrogen) atoms. The molecule has 0 aliphatic carbocycles. The first-order valence-corrected chi connectivity index (χ1v) is 6.47. The van der Waals surface area contributed by atoms with E-state index in [1.54, 1.807) is 12.1 Å². The summed E-state index contributed by atoms with van der Waals surface area (Å²) in [5, 5.41) is 8.78. The zero-order valence-electron chi connectivity index (χ0n) is 11.7. The molecule has 0 bridgehead atoms. The molecule has 1 rings (SSSR count). The van der Waals surface area contributed by atoms with Crippen molar-refractivity contribution in [3.63, 3.8) is 0 Å². The molecule has 1 unspecified atom stereocenters. The highest BCUT2D eigenvalue weighted by molar-refractivity contribution is 5.85. The first-order valence-electron chi connectivity index (χ1n) is 6.47. The molecule has 0 spiro atoms. The van der Waals surface area contributed by atoms with Crippen molar-refractivity contribution in [2.75, 3.05) is 0 Å². The summed E-state index contributed by atoms with van der Waals surface area (Å²) in [4.78, 5) is 10.7. The maximum Gasteiger partial charge on any atom is 0.357 e. The molecular weight excluding hydrogens is 258 g/mol. The van der Waals surface area contributed by atoms with Gasteiger partial charge in [-0.2, -0.15) is 0 Å². The zero-order chi connectivity index (χ0) is 15.1. The van der Waals surface area contributed by atoms with Gasteiger partial charge in [0.2, 0.25) is 5.88 Å². The lowest BCUT2D eigenvalue weighted by Gasteiger charge is -2.13. The van der Waals surface area contributed by atoms with Gasteiger partial charge < -0.3 is 15.6 Å². The summed E-state index contributed by atoms with van der Waals surface area (Å²) in [5.41, 5.74) is 8.22. The van der Waals surface area contributed by atoms with Crippen LogP contribution in [0.1, 0.15) is 38.2 Å². The quantitative estimate of drug-likeness (QED) is 0.261. The van der Waals surface area contributed by atoms with Gasteiger partial charge in [-0.15, -0.1) is 0 Å². The molecule has 6 N–H and O–H groups in total. The van der Waals surface area contributed by atoms with Crippen LogP contribution >= 0.6 is 0 Å². The van der Waals surface area contributed by atoms with Gasteiger partial charge in [0, 0.05) is 0 Å². The fourth-order valence-electron chi connectivity index (χ4n) is 1.84. The highest BCUT2D eigenvalue weighted by atomic mass is 16.5. The molecule has 1 aromatic rings. The highest BCUT2D eigenvalue weighted by Gasteiger charge is 2.12. The van der Waals surface area contributed by atoms with Crippen molar-refractivity contribution >= 4 is 5.97 Å². The van der Waals surface area contributed by atoms with Gasteiger partial charge in [0.05, 0.1) is 0 Å². The van der Waals surface area contributed by atoms with Crippen LogP contribution in [-0.2, 0) is 4.79 Å². The van der Waals surface area contributed by atoms with E-state index in [1.807, 2.05) is 12.1 Å². The van der Waals surface area contributed by atoms with Crippen molar-refractivity contribution in [1.29, 1.82) is 0 Å². The Kier molecular flexibility index (Phi) is 5.86. The van der Waals surface area contributed by atoms with Gasteiger partial charge in [-0.1, -0.05) is 32.4 Å². The summed E-state index contributed by atoms with van der Waals surface area (Å²) >= 11 is 0. The molecule has 0 saturated heterocycles. The Morgan fingerprint density at radius 3 is 2.45 bits per heavy atom. The molecule has 0 aliphatic heterocycles. The van der Waals surface area contributed by atoms with Crippen LogP contribution < -0.4 is 21.7 Å². The largest absolute Gasteiger partial charge is 0.476 e. The van der Waals surface area contributed by atoms with Crippen molar-refractivity contribution in [1.82, 2.24) is 5.43 Å². The zero-order valence-corrected chi connectivity index (χ0v) is 11.7. The SMILES string of the molecule is CCCC(C)c1ccc(O/C(NN)=C(/N)C(=O)O)cc1. The molecule has 6 heteroatoms. The Bertz CT molecular complexity index is 483. The predicted octanol–water partition coefficient (Wildman–Crippen LogP) is 1.64. The maximum atomic E-state index is 10.7. The van der Waals surface area contributed by atoms with Crippen LogP contribution in [0.2, 0.25) is 0 Å². The molecule has 0 aromatic heterocycles. The van der Waals surface area contributed by atoms with Gasteiger partial charge in [0.15, 0.2) is 5.70 Å². The molecule has 1 aromatic carbocycles. The standard InChI is InChI=1S/C14H21N3O3/c1-3-4-9(2)10-5-7-11(8-6-10)20-13(17-16)12(15)14(18)19/h5-9,17H,3-4,15-16H2,1-2H3,(H,18,19)/b13-12+. The minimum Gasteiger partial charge on any atom is -0.476 e. The lowest BCUT2D eigenvalue weighted by Crippen LogP contribution is -2.31. The molecule has 0 amide bonds. The molecule has 6 nitrogen and oxygen atoms in total. The number of nitrogens with two attached hydrogens (primary N) is 2. The number of ether oxygens (including phenoxy) is 1. The van der Waals surface area contributed by atoms with Gasteiger partial charge in [0.1, 0.15) is 5.75 Å². The van der Waals surface area contributed by atoms with Crippen LogP contribution in [0.5, 0.6) is 5.75 Å². The third kappa shape index (κ3) is 4.17. The smallest absolute Gasteiger partial charge is 0.357 e. The van der Waals surface area contributed by atoms with Gasteiger partial charge >= 0.3 is 5.97 Å². The van der Waals surface area contributed by atoms with E-state index in [0.29, 0.717) is 11.7 Å². The number of hydrogen-bond acceptors (Lipinski definition) is 5. The third-order valence-electron chi connectivity index (χ3n) is 3.00. The normalized spacial score (nSPS) is 13.3. The number of hydrazine groups is 1. The number of nitrogens with one attached hydrogen (secondary N) is 1. The van der Waals surface area contributed by atoms with Crippen LogP contribution in [0.25, 0.3) is 0 Å². The van der Waals surface area contributed by atoms with E-state index in [1.165, 1.54) is 5.56 Å². The van der Waals surface area contributed by atoms with Gasteiger partial charge in [-0.3, -0.25) is 5.43 Å². The number of benzene rings is 1. The Morgan fingerprint density at radius 2 is 2.00 bits per heavy atom. The molecule has 1 atom stereocenters. The third-order valence-corrected chi connectivity index (χ3v) is 3.00. The van der Waals surface area contributed by atoms with E-state index in [2.05, 4.69) is 19.3 Å². The molecule has 0 fully saturated rings. The Labute approximate surface area is 118 Å². The molecular formula is C14H21N3O3. The van der Waals surface area contributed by atoms with Gasteiger partial charge in [-0.05, 0) is 30.0 Å². The summed E-state index contributed by atoms with van der Waals surface area (Å²) < 4.78 is 5.32. The minimum absolute atomic E-state index is 0.188. The average molecular weight is 279 g/mol. The number of carbonyl (C=O) groups is 1. The molecule has 110 valence electrons. The van der Waals surface area contributed by atoms with E-state index in [0.717, 1.165) is 12.8 Å². The summed E-state index contributed by atoms with van der Waals surface area (Å²) in [6.45, 7) is 4.31. The highest BCUT2D eigenvalue weighted by Crippen LogP contribution is 2.23. The van der Waals surface area contributed by atoms with E-state index < -0.39 is 11.7 Å². The summed E-state index contributed by atoms with van der Waals surface area (Å²) in [5.74, 6) is 4.65. The monoisotopic (exact) mass is 279 g/mol. The second-order valence-electron chi connectivity index (χ2n) is 4.55. The van der Waals surface area contributed by atoms with Crippen molar-refractivity contribution in [2.45, 2.75) is 32.6 Å². The first kappa shape index (κ1) is 15.8. The van der Waals surface area contributed by atoms with E-state index >= 15 is 0 Å². The van der Waals surface area contributed by atoms with Crippen molar-refractivity contribution in [3.05, 3.63) is 41.4 Å². The fraction of sp³-hybridized carbons (Fsp3) is 0.357. The fourth-order valence-corrected chi connectivity index (χ4v) is 1.84. The van der Waals surface area contributed by atoms with Crippen molar-refractivity contribution < 1.29 is 14.6 Å². The van der Waals surface area contributed by atoms with Crippen LogP contribution in [0, 0.1) is 0 Å². The Balaban J connectivity index is 2.84. The van der Waals surface area contributed by atoms with Crippen LogP contribution in [0.3, 0.4) is 0 Å². The van der Waals surface area contributed by atoms with Gasteiger partial charge in [-0.25, -0.2) is 10.6 Å². The number of rotatable bonds is 7. The average Bonchev–Trinajstić information content (AvgIpc) is 2.44. The summed E-state index contributed by atoms with van der Waals surface area (Å²) in [7, 11) is 0. The molecule has 0 saturated carbocycles. The first-order chi connectivity index (χ1) is 9.49. The summed E-state index contributed by atoms with van der Waals surface area (Å²) in [6.07, 6.45) is 2.24.